The van der Waals surface area contributed by atoms with Crippen molar-refractivity contribution in [3.63, 3.8) is 0 Å². The van der Waals surface area contributed by atoms with Crippen LogP contribution in [0.5, 0.6) is 11.5 Å². The smallest absolute Gasteiger partial charge is 0.325 e. The van der Waals surface area contributed by atoms with Crippen LogP contribution < -0.4 is 25.4 Å². The Morgan fingerprint density at radius 2 is 1.87 bits per heavy atom. The van der Waals surface area contributed by atoms with Gasteiger partial charge >= 0.3 is 6.03 Å². The molecule has 162 valence electrons. The molecule has 0 unspecified atom stereocenters. The van der Waals surface area contributed by atoms with Gasteiger partial charge in [0.05, 0.1) is 19.8 Å². The average Bonchev–Trinajstić information content (AvgIpc) is 2.89. The number of nitrogens with zero attached hydrogens (tertiary/aromatic N) is 1. The number of amides is 5. The van der Waals surface area contributed by atoms with Gasteiger partial charge in [-0.25, -0.2) is 4.79 Å². The van der Waals surface area contributed by atoms with Crippen molar-refractivity contribution in [2.75, 3.05) is 32.8 Å². The zero-order valence-electron chi connectivity index (χ0n) is 17.1. The van der Waals surface area contributed by atoms with E-state index in [1.54, 1.807) is 25.1 Å². The van der Waals surface area contributed by atoms with Gasteiger partial charge in [0.25, 0.3) is 5.91 Å². The molecule has 0 aromatic heterocycles. The fourth-order valence-corrected chi connectivity index (χ4v) is 3.22. The summed E-state index contributed by atoms with van der Waals surface area (Å²) in [6.45, 7) is 4.33. The largest absolute Gasteiger partial charge is 0.490 e. The second-order valence-corrected chi connectivity index (χ2v) is 7.29. The van der Waals surface area contributed by atoms with E-state index in [9.17, 15) is 19.2 Å². The van der Waals surface area contributed by atoms with Crippen molar-refractivity contribution in [1.29, 1.82) is 0 Å². The Balaban J connectivity index is 1.67. The number of imide groups is 1. The number of urea groups is 1. The Labute approximate surface area is 174 Å². The molecule has 0 radical (unpaired) electrons. The molecule has 10 nitrogen and oxygen atoms in total. The molecule has 0 aliphatic carbocycles. The fraction of sp³-hybridized carbons (Fsp3) is 0.500. The summed E-state index contributed by atoms with van der Waals surface area (Å²) in [5, 5.41) is 7.69. The zero-order valence-corrected chi connectivity index (χ0v) is 17.1. The summed E-state index contributed by atoms with van der Waals surface area (Å²) in [5.41, 5.74) is -0.826. The van der Waals surface area contributed by atoms with Crippen LogP contribution in [0.25, 0.3) is 0 Å². The number of fused-ring (bicyclic) bond motifs is 1. The van der Waals surface area contributed by atoms with Gasteiger partial charge in [0.2, 0.25) is 11.8 Å². The Morgan fingerprint density at radius 1 is 1.13 bits per heavy atom. The van der Waals surface area contributed by atoms with Gasteiger partial charge in [-0.15, -0.1) is 0 Å². The molecule has 1 aromatic rings. The van der Waals surface area contributed by atoms with Crippen LogP contribution in [0, 0.1) is 0 Å². The molecule has 10 heteroatoms. The summed E-state index contributed by atoms with van der Waals surface area (Å²) >= 11 is 0. The number of carbonyl (C=O) groups excluding carboxylic acids is 4. The quantitative estimate of drug-likeness (QED) is 0.545. The minimum absolute atomic E-state index is 0.220. The molecule has 2 aliphatic heterocycles. The van der Waals surface area contributed by atoms with Crippen molar-refractivity contribution in [2.24, 2.45) is 0 Å². The minimum Gasteiger partial charge on any atom is -0.490 e. The molecule has 1 saturated heterocycles. The highest BCUT2D eigenvalue weighted by molar-refractivity contribution is 6.09. The maximum absolute atomic E-state index is 13.0. The fourth-order valence-electron chi connectivity index (χ4n) is 3.22. The average molecular weight is 418 g/mol. The second kappa shape index (κ2) is 9.02. The van der Waals surface area contributed by atoms with E-state index < -0.39 is 29.9 Å². The third kappa shape index (κ3) is 4.47. The first-order valence-corrected chi connectivity index (χ1v) is 9.92. The Morgan fingerprint density at radius 3 is 2.60 bits per heavy atom. The van der Waals surface area contributed by atoms with Gasteiger partial charge in [-0.05, 0) is 31.0 Å². The number of nitrogens with one attached hydrogen (secondary N) is 3. The molecule has 3 rings (SSSR count). The van der Waals surface area contributed by atoms with Crippen LogP contribution in [0.3, 0.4) is 0 Å². The van der Waals surface area contributed by atoms with E-state index in [-0.39, 0.29) is 12.5 Å². The molecular formula is C20H26N4O6. The van der Waals surface area contributed by atoms with Crippen molar-refractivity contribution >= 4 is 23.8 Å². The normalized spacial score (nSPS) is 20.4. The van der Waals surface area contributed by atoms with Crippen LogP contribution in [-0.2, 0) is 19.9 Å². The number of benzene rings is 1. The topological polar surface area (TPSA) is 126 Å². The van der Waals surface area contributed by atoms with Crippen molar-refractivity contribution < 1.29 is 28.7 Å². The van der Waals surface area contributed by atoms with Crippen molar-refractivity contribution in [3.8, 4) is 11.5 Å². The summed E-state index contributed by atoms with van der Waals surface area (Å²) in [7, 11) is 0. The van der Waals surface area contributed by atoms with Gasteiger partial charge in [-0.1, -0.05) is 13.0 Å². The third-order valence-corrected chi connectivity index (χ3v) is 4.92. The lowest BCUT2D eigenvalue weighted by Crippen LogP contribution is -2.45. The van der Waals surface area contributed by atoms with E-state index in [2.05, 4.69) is 16.0 Å². The van der Waals surface area contributed by atoms with Crippen molar-refractivity contribution in [1.82, 2.24) is 20.9 Å². The van der Waals surface area contributed by atoms with Crippen LogP contribution in [0.15, 0.2) is 18.2 Å². The summed E-state index contributed by atoms with van der Waals surface area (Å²) in [5.74, 6) is -0.420. The number of carbonyl (C=O) groups is 4. The van der Waals surface area contributed by atoms with Crippen LogP contribution in [-0.4, -0.2) is 61.5 Å². The summed E-state index contributed by atoms with van der Waals surface area (Å²) < 4.78 is 11.3. The summed E-state index contributed by atoms with van der Waals surface area (Å²) in [4.78, 5) is 50.0. The molecular weight excluding hydrogens is 392 g/mol. The Kier molecular flexibility index (Phi) is 6.43. The maximum atomic E-state index is 13.0. The first-order valence-electron chi connectivity index (χ1n) is 9.92. The predicted octanol–water partition coefficient (Wildman–Crippen LogP) is 0.257. The molecule has 2 aliphatic rings. The number of hydrogen-bond donors (Lipinski definition) is 3. The van der Waals surface area contributed by atoms with E-state index in [0.717, 1.165) is 17.7 Å². The minimum atomic E-state index is -1.35. The number of rotatable bonds is 7. The predicted molar refractivity (Wildman–Crippen MR) is 106 cm³/mol. The highest BCUT2D eigenvalue weighted by atomic mass is 16.5. The van der Waals surface area contributed by atoms with Gasteiger partial charge in [-0.2, -0.15) is 0 Å². The van der Waals surface area contributed by atoms with Gasteiger partial charge in [-0.3, -0.25) is 19.3 Å². The van der Waals surface area contributed by atoms with E-state index in [0.29, 0.717) is 36.8 Å². The highest BCUT2D eigenvalue weighted by Gasteiger charge is 2.49. The van der Waals surface area contributed by atoms with E-state index >= 15 is 0 Å². The first kappa shape index (κ1) is 21.4. The Hall–Kier alpha value is -3.30. The summed E-state index contributed by atoms with van der Waals surface area (Å²) in [6, 6.07) is 4.37. The number of hydrogen-bond acceptors (Lipinski definition) is 6. The molecule has 1 fully saturated rings. The molecule has 0 spiro atoms. The molecule has 1 aromatic carbocycles. The van der Waals surface area contributed by atoms with Crippen molar-refractivity contribution in [3.05, 3.63) is 23.8 Å². The molecule has 2 heterocycles. The van der Waals surface area contributed by atoms with E-state index in [4.69, 9.17) is 9.47 Å². The van der Waals surface area contributed by atoms with Crippen molar-refractivity contribution in [2.45, 2.75) is 32.2 Å². The molecule has 30 heavy (non-hydrogen) atoms. The van der Waals surface area contributed by atoms with Gasteiger partial charge in [0.1, 0.15) is 12.1 Å². The van der Waals surface area contributed by atoms with Crippen LogP contribution in [0.1, 0.15) is 32.3 Å². The van der Waals surface area contributed by atoms with Gasteiger partial charge in [0, 0.05) is 13.0 Å². The van der Waals surface area contributed by atoms with E-state index in [1.807, 2.05) is 6.92 Å². The lowest BCUT2D eigenvalue weighted by atomic mass is 9.91. The molecule has 0 bridgehead atoms. The third-order valence-electron chi connectivity index (χ3n) is 4.92. The molecule has 3 N–H and O–H groups in total. The van der Waals surface area contributed by atoms with Crippen LogP contribution >= 0.6 is 0 Å². The SMILES string of the molecule is CCCNC(=O)CNC(=O)CN1C(=O)N[C@](C)(c2ccc3c(c2)OCCCO3)C1=O. The second-order valence-electron chi connectivity index (χ2n) is 7.29. The monoisotopic (exact) mass is 418 g/mol. The first-order chi connectivity index (χ1) is 14.3. The highest BCUT2D eigenvalue weighted by Crippen LogP contribution is 2.36. The summed E-state index contributed by atoms with van der Waals surface area (Å²) in [6.07, 6.45) is 1.52. The zero-order chi connectivity index (χ0) is 21.7. The Bertz CT molecular complexity index is 858. The lowest BCUT2D eigenvalue weighted by Gasteiger charge is -2.23. The van der Waals surface area contributed by atoms with Gasteiger partial charge in [0.15, 0.2) is 11.5 Å². The van der Waals surface area contributed by atoms with E-state index in [1.165, 1.54) is 0 Å². The molecule has 0 saturated carbocycles. The van der Waals surface area contributed by atoms with Crippen LogP contribution in [0.2, 0.25) is 0 Å². The number of ether oxygens (including phenoxy) is 2. The lowest BCUT2D eigenvalue weighted by molar-refractivity contribution is -0.135. The van der Waals surface area contributed by atoms with Crippen LogP contribution in [0.4, 0.5) is 4.79 Å². The molecule has 5 amide bonds. The molecule has 1 atom stereocenters. The standard InChI is InChI=1S/C20H26N4O6/c1-3-7-21-16(25)11-22-17(26)12-24-18(27)20(2,23-19(24)28)13-5-6-14-15(10-13)30-9-4-8-29-14/h5-6,10H,3-4,7-9,11-12H2,1-2H3,(H,21,25)(H,22,26)(H,23,28)/t20-/m1/s1. The van der Waals surface area contributed by atoms with Gasteiger partial charge < -0.3 is 25.4 Å². The maximum Gasteiger partial charge on any atom is 0.325 e.